The first-order valence-corrected chi connectivity index (χ1v) is 31.8. The number of carbonyl (C=O) groups is 7. The Morgan fingerprint density at radius 2 is 1.06 bits per heavy atom. The molecule has 0 spiro atoms. The van der Waals surface area contributed by atoms with Crippen LogP contribution in [0.1, 0.15) is 149 Å². The molecule has 2 saturated heterocycles. The summed E-state index contributed by atoms with van der Waals surface area (Å²) in [5, 5.41) is 31.1. The average Bonchev–Trinajstić information content (AvgIpc) is 1.63. The van der Waals surface area contributed by atoms with Crippen LogP contribution < -0.4 is 21.7 Å². The number of nitrogens with zero attached hydrogens (tertiary/aromatic N) is 9. The summed E-state index contributed by atoms with van der Waals surface area (Å²) < 4.78 is 173. The number of ether oxygens (including phenoxy) is 2. The van der Waals surface area contributed by atoms with Gasteiger partial charge in [-0.2, -0.15) is 26.3 Å². The highest BCUT2D eigenvalue weighted by Crippen LogP contribution is 2.34. The number of ketones is 1. The summed E-state index contributed by atoms with van der Waals surface area (Å²) in [6, 6.07) is -2.29. The maximum Gasteiger partial charge on any atom is 0.451 e. The lowest BCUT2D eigenvalue weighted by Crippen LogP contribution is -2.55. The van der Waals surface area contributed by atoms with E-state index in [1.54, 1.807) is 74.1 Å². The monoisotopic (exact) mass is 1410 g/mol. The molecule has 4 aromatic rings. The second-order valence-corrected chi connectivity index (χ2v) is 27.1. The third-order valence-electron chi connectivity index (χ3n) is 16.4. The highest BCUT2D eigenvalue weighted by molar-refractivity contribution is 5.90. The molecule has 4 aliphatic heterocycles. The first kappa shape index (κ1) is 78.9. The smallest absolute Gasteiger partial charge is 0.451 e. The lowest BCUT2D eigenvalue weighted by atomic mass is 9.88. The van der Waals surface area contributed by atoms with Gasteiger partial charge in [-0.3, -0.25) is 19.2 Å². The molecule has 7 atom stereocenters. The number of aromatic nitrogens is 6. The summed E-state index contributed by atoms with van der Waals surface area (Å²) in [6.45, 7) is 18.1. The van der Waals surface area contributed by atoms with Gasteiger partial charge in [0, 0.05) is 94.7 Å². The fourth-order valence-electron chi connectivity index (χ4n) is 11.6. The number of hydrogen-bond acceptors (Lipinski definition) is 15. The SMILES string of the molecule is CC(C)C(NC(=O)OC(C)(C)C)C(=O)N1CCCC1C(=O)O.CC(C)C(NC(=O)OC(C)(C)C)C(=O)N1CCCC1CNC(CC(=O)C1CCn2c(nnc2C(F)(F)F)C1)Cc1cc(F)c(F)cc1F.NC(CC(=O)N1CCn2c(nnc2C(F)(F)F)C1)Cc1cc(F)c(F)cc1F. The molecule has 2 fully saturated rings. The van der Waals surface area contributed by atoms with Crippen molar-refractivity contribution in [2.24, 2.45) is 23.5 Å². The number of nitrogens with one attached hydrogen (secondary N) is 3. The molecule has 544 valence electrons. The second kappa shape index (κ2) is 32.7. The number of nitrogens with two attached hydrogens (primary N) is 1. The summed E-state index contributed by atoms with van der Waals surface area (Å²) in [7, 11) is 0. The van der Waals surface area contributed by atoms with E-state index in [9.17, 15) is 91.4 Å². The quantitative estimate of drug-likeness (QED) is 0.0434. The van der Waals surface area contributed by atoms with Gasteiger partial charge in [-0.05, 0) is 122 Å². The molecule has 6 N–H and O–H groups in total. The van der Waals surface area contributed by atoms with Gasteiger partial charge in [-0.1, -0.05) is 27.7 Å². The topological polar surface area (TPSA) is 291 Å². The highest BCUT2D eigenvalue weighted by atomic mass is 19.4. The van der Waals surface area contributed by atoms with Crippen LogP contribution in [-0.4, -0.2) is 165 Å². The van der Waals surface area contributed by atoms with Crippen LogP contribution >= 0.6 is 0 Å². The molecule has 35 heteroatoms. The van der Waals surface area contributed by atoms with Crippen molar-refractivity contribution < 1.29 is 101 Å². The van der Waals surface area contributed by atoms with Crippen molar-refractivity contribution in [3.05, 3.63) is 93.6 Å². The Balaban J connectivity index is 0.000000256. The number of carboxylic acids is 1. The van der Waals surface area contributed by atoms with E-state index in [0.717, 1.165) is 15.2 Å². The number of alkyl carbamates (subject to hydrolysis) is 2. The Kier molecular flexibility index (Phi) is 26.3. The number of alkyl halides is 6. The largest absolute Gasteiger partial charge is 0.480 e. The molecular formula is C63H83F12N13O10. The zero-order valence-corrected chi connectivity index (χ0v) is 55.8. The summed E-state index contributed by atoms with van der Waals surface area (Å²) in [6.07, 6.45) is -9.22. The second-order valence-electron chi connectivity index (χ2n) is 27.1. The van der Waals surface area contributed by atoms with Crippen LogP contribution in [0.5, 0.6) is 0 Å². The predicted octanol–water partition coefficient (Wildman–Crippen LogP) is 8.60. The Labute approximate surface area is 557 Å². The van der Waals surface area contributed by atoms with Crippen molar-refractivity contribution in [1.29, 1.82) is 0 Å². The van der Waals surface area contributed by atoms with E-state index in [1.807, 2.05) is 0 Å². The van der Waals surface area contributed by atoms with E-state index in [0.29, 0.717) is 57.0 Å². The van der Waals surface area contributed by atoms with E-state index in [1.165, 1.54) is 9.80 Å². The molecule has 0 bridgehead atoms. The molecular weight excluding hydrogens is 1330 g/mol. The Bertz CT molecular complexity index is 3500. The van der Waals surface area contributed by atoms with Crippen molar-refractivity contribution in [3.8, 4) is 0 Å². The van der Waals surface area contributed by atoms with Gasteiger partial charge >= 0.3 is 30.5 Å². The Morgan fingerprint density at radius 3 is 1.56 bits per heavy atom. The van der Waals surface area contributed by atoms with Gasteiger partial charge in [0.1, 0.15) is 52.6 Å². The van der Waals surface area contributed by atoms with Crippen LogP contribution in [0, 0.1) is 52.7 Å². The average molecular weight is 1410 g/mol. The van der Waals surface area contributed by atoms with Crippen LogP contribution in [0.2, 0.25) is 0 Å². The number of carboxylic acid groups (broad SMARTS) is 1. The molecule has 8 rings (SSSR count). The number of hydrogen-bond donors (Lipinski definition) is 5. The van der Waals surface area contributed by atoms with E-state index in [-0.39, 0.29) is 129 Å². The number of halogens is 12. The molecule has 4 aliphatic rings. The molecule has 98 heavy (non-hydrogen) atoms. The molecule has 0 radical (unpaired) electrons. The first-order valence-electron chi connectivity index (χ1n) is 31.8. The molecule has 6 heterocycles. The number of Topliss-reactive ketones (excluding diaryl/α,β-unsaturated/α-hetero) is 1. The van der Waals surface area contributed by atoms with Crippen LogP contribution in [-0.2, 0) is 84.7 Å². The Hall–Kier alpha value is -8.11. The normalized spacial score (nSPS) is 18.5. The van der Waals surface area contributed by atoms with Crippen molar-refractivity contribution in [2.75, 3.05) is 26.2 Å². The van der Waals surface area contributed by atoms with Gasteiger partial charge in [-0.15, -0.1) is 20.4 Å². The van der Waals surface area contributed by atoms with Crippen LogP contribution in [0.15, 0.2) is 24.3 Å². The van der Waals surface area contributed by atoms with Gasteiger partial charge < -0.3 is 60.1 Å². The zero-order valence-electron chi connectivity index (χ0n) is 55.8. The standard InChI is InChI=1S/C32H42F6N6O4.C16H15F6N5O.C15H26N2O5/c1-17(2)27(40-30(47)48-31(3,4)5)28(46)43-9-6-7-21(43)16-39-20(11-19-12-23(34)24(35)15-22(19)33)14-25(45)18-8-10-44-26(13-18)41-42-29(44)32(36,37)38;17-10-6-12(19)11(18)4-8(10)3-9(23)5-14(28)26-1-2-27-13(7-26)24-25-15(27)16(20,21)22;1-9(2)11(16-14(21)22-15(3,4)5)12(18)17-8-6-7-10(17)13(19)20/h12,15,17-18,20-21,27,39H,6-11,13-14,16H2,1-5H3,(H,40,47);4,6,9H,1-3,5,7,23H2;9-11H,6-8H2,1-5H3,(H,16,21)(H,19,20). The lowest BCUT2D eigenvalue weighted by Gasteiger charge is -2.33. The highest BCUT2D eigenvalue weighted by Gasteiger charge is 2.44. The van der Waals surface area contributed by atoms with Gasteiger partial charge in [0.05, 0.1) is 6.54 Å². The maximum absolute atomic E-state index is 14.7. The van der Waals surface area contributed by atoms with Gasteiger partial charge in [-0.25, -0.2) is 40.7 Å². The molecule has 7 unspecified atom stereocenters. The van der Waals surface area contributed by atoms with Crippen molar-refractivity contribution >= 4 is 41.7 Å². The summed E-state index contributed by atoms with van der Waals surface area (Å²) in [5.74, 6) is -13.0. The van der Waals surface area contributed by atoms with Crippen LogP contribution in [0.4, 0.5) is 62.3 Å². The van der Waals surface area contributed by atoms with E-state index < -0.39 is 130 Å². The number of benzene rings is 2. The number of fused-ring (bicyclic) bond motifs is 2. The molecule has 2 aromatic carbocycles. The number of aliphatic carboxylic acids is 1. The third kappa shape index (κ3) is 21.7. The van der Waals surface area contributed by atoms with Crippen LogP contribution in [0.3, 0.4) is 0 Å². The van der Waals surface area contributed by atoms with E-state index in [2.05, 4.69) is 36.3 Å². The number of amides is 5. The molecule has 5 amide bonds. The minimum Gasteiger partial charge on any atom is -0.480 e. The number of likely N-dealkylation sites (tertiary alicyclic amines) is 2. The number of rotatable bonds is 19. The fourth-order valence-corrected chi connectivity index (χ4v) is 11.6. The third-order valence-corrected chi connectivity index (χ3v) is 16.4. The van der Waals surface area contributed by atoms with Gasteiger partial charge in [0.2, 0.25) is 29.4 Å². The number of carbonyl (C=O) groups excluding carboxylic acids is 6. The van der Waals surface area contributed by atoms with Gasteiger partial charge in [0.15, 0.2) is 29.1 Å². The first-order chi connectivity index (χ1) is 45.4. The molecule has 0 saturated carbocycles. The molecule has 2 aromatic heterocycles. The zero-order chi connectivity index (χ0) is 73.3. The van der Waals surface area contributed by atoms with E-state index >= 15 is 0 Å². The summed E-state index contributed by atoms with van der Waals surface area (Å²) in [4.78, 5) is 91.9. The molecule has 23 nitrogen and oxygen atoms in total. The van der Waals surface area contributed by atoms with Crippen molar-refractivity contribution in [1.82, 2.24) is 60.2 Å². The van der Waals surface area contributed by atoms with Crippen molar-refractivity contribution in [2.45, 2.75) is 213 Å². The van der Waals surface area contributed by atoms with Crippen molar-refractivity contribution in [3.63, 3.8) is 0 Å². The lowest BCUT2D eigenvalue weighted by molar-refractivity contribution is -0.149. The van der Waals surface area contributed by atoms with Gasteiger partial charge in [0.25, 0.3) is 0 Å². The Morgan fingerprint density at radius 1 is 0.592 bits per heavy atom. The fraction of sp³-hybridized carbons (Fsp3) is 0.635. The maximum atomic E-state index is 14.7. The minimum absolute atomic E-state index is 0.000783. The van der Waals surface area contributed by atoms with Crippen LogP contribution in [0.25, 0.3) is 0 Å². The molecule has 0 aliphatic carbocycles. The minimum atomic E-state index is -4.69. The predicted molar refractivity (Wildman–Crippen MR) is 324 cm³/mol. The summed E-state index contributed by atoms with van der Waals surface area (Å²) in [5.41, 5.74) is 4.04. The summed E-state index contributed by atoms with van der Waals surface area (Å²) >= 11 is 0. The van der Waals surface area contributed by atoms with E-state index in [4.69, 9.17) is 15.2 Å².